The van der Waals surface area contributed by atoms with Gasteiger partial charge in [0.15, 0.2) is 5.69 Å². The van der Waals surface area contributed by atoms with Gasteiger partial charge in [-0.1, -0.05) is 0 Å². The third-order valence-corrected chi connectivity index (χ3v) is 1.63. The predicted molar refractivity (Wildman–Crippen MR) is 49.4 cm³/mol. The summed E-state index contributed by atoms with van der Waals surface area (Å²) in [6.07, 6.45) is 0.584. The lowest BCUT2D eigenvalue weighted by Crippen LogP contribution is -2.01. The number of carbonyl (C=O) groups excluding carboxylic acids is 2. The van der Waals surface area contributed by atoms with E-state index in [0.717, 1.165) is 0 Å². The molecule has 70 valence electrons. The van der Waals surface area contributed by atoms with E-state index in [4.69, 9.17) is 6.57 Å². The van der Waals surface area contributed by atoms with E-state index < -0.39 is 5.97 Å². The Kier molecular flexibility index (Phi) is 2.97. The predicted octanol–water partition coefficient (Wildman–Crippen LogP) is 1.84. The summed E-state index contributed by atoms with van der Waals surface area (Å²) in [6, 6.07) is 4.17. The van der Waals surface area contributed by atoms with Crippen LogP contribution in [0.5, 0.6) is 0 Å². The molecule has 0 aromatic heterocycles. The molecule has 4 heteroatoms. The molecule has 0 atom stereocenters. The van der Waals surface area contributed by atoms with Gasteiger partial charge >= 0.3 is 5.97 Å². The summed E-state index contributed by atoms with van der Waals surface area (Å²) in [6.45, 7) is 6.77. The summed E-state index contributed by atoms with van der Waals surface area (Å²) in [5.74, 6) is -0.557. The summed E-state index contributed by atoms with van der Waals surface area (Å²) in [5.41, 5.74) is 0.747. The molecule has 14 heavy (non-hydrogen) atoms. The van der Waals surface area contributed by atoms with Crippen LogP contribution in [0.2, 0.25) is 0 Å². The monoisotopic (exact) mass is 189 g/mol. The van der Waals surface area contributed by atoms with Crippen LogP contribution in [0.15, 0.2) is 18.2 Å². The van der Waals surface area contributed by atoms with E-state index in [1.807, 2.05) is 0 Å². The van der Waals surface area contributed by atoms with E-state index in [2.05, 4.69) is 9.58 Å². The first kappa shape index (κ1) is 9.93. The Bertz CT molecular complexity index is 418. The minimum Gasteiger partial charge on any atom is -0.465 e. The summed E-state index contributed by atoms with van der Waals surface area (Å²) in [5, 5.41) is 0. The maximum atomic E-state index is 11.1. The van der Waals surface area contributed by atoms with Gasteiger partial charge in [-0.25, -0.2) is 9.64 Å². The van der Waals surface area contributed by atoms with Gasteiger partial charge in [-0.3, -0.25) is 4.79 Å². The van der Waals surface area contributed by atoms with Crippen molar-refractivity contribution in [1.29, 1.82) is 0 Å². The minimum absolute atomic E-state index is 0.211. The molecule has 0 saturated heterocycles. The number of esters is 1. The number of ether oxygens (including phenoxy) is 1. The second-order valence-electron chi connectivity index (χ2n) is 2.53. The average Bonchev–Trinajstić information content (AvgIpc) is 2.27. The fraction of sp³-hybridized carbons (Fsp3) is 0.100. The van der Waals surface area contributed by atoms with Crippen molar-refractivity contribution in [3.8, 4) is 0 Å². The molecule has 0 unspecified atom stereocenters. The zero-order valence-electron chi connectivity index (χ0n) is 7.48. The van der Waals surface area contributed by atoms with E-state index in [1.165, 1.54) is 25.3 Å². The van der Waals surface area contributed by atoms with Gasteiger partial charge < -0.3 is 4.74 Å². The molecule has 0 bridgehead atoms. The van der Waals surface area contributed by atoms with Crippen molar-refractivity contribution >= 4 is 17.9 Å². The third-order valence-electron chi connectivity index (χ3n) is 1.63. The lowest BCUT2D eigenvalue weighted by atomic mass is 10.1. The Morgan fingerprint density at radius 2 is 2.21 bits per heavy atom. The highest BCUT2D eigenvalue weighted by Gasteiger charge is 2.07. The van der Waals surface area contributed by atoms with Crippen LogP contribution < -0.4 is 0 Å². The van der Waals surface area contributed by atoms with Crippen LogP contribution in [-0.2, 0) is 4.74 Å². The largest absolute Gasteiger partial charge is 0.465 e. The summed E-state index contributed by atoms with van der Waals surface area (Å²) < 4.78 is 4.48. The average molecular weight is 189 g/mol. The second-order valence-corrected chi connectivity index (χ2v) is 2.53. The van der Waals surface area contributed by atoms with Gasteiger partial charge in [-0.15, -0.1) is 0 Å². The van der Waals surface area contributed by atoms with Crippen LogP contribution in [0.25, 0.3) is 4.85 Å². The molecule has 0 aliphatic carbocycles. The van der Waals surface area contributed by atoms with Crippen molar-refractivity contribution < 1.29 is 14.3 Å². The normalized spacial score (nSPS) is 8.86. The van der Waals surface area contributed by atoms with Gasteiger partial charge in [-0.05, 0) is 18.2 Å². The zero-order chi connectivity index (χ0) is 10.6. The number of aldehydes is 1. The lowest BCUT2D eigenvalue weighted by Gasteiger charge is -2.00. The van der Waals surface area contributed by atoms with Gasteiger partial charge in [0.2, 0.25) is 0 Å². The standard InChI is InChI=1S/C10H7NO3/c1-11-9-4-7(6-12)3-8(5-9)10(13)14-2/h3-6H,2H3. The maximum absolute atomic E-state index is 11.1. The summed E-state index contributed by atoms with van der Waals surface area (Å²) in [7, 11) is 1.24. The topological polar surface area (TPSA) is 47.7 Å². The molecule has 1 aromatic rings. The van der Waals surface area contributed by atoms with Gasteiger partial charge in [0.05, 0.1) is 13.7 Å². The van der Waals surface area contributed by atoms with Crippen molar-refractivity contribution in [2.24, 2.45) is 0 Å². The highest BCUT2D eigenvalue weighted by molar-refractivity contribution is 5.93. The van der Waals surface area contributed by atoms with Crippen LogP contribution in [-0.4, -0.2) is 19.4 Å². The lowest BCUT2D eigenvalue weighted by molar-refractivity contribution is 0.0601. The fourth-order valence-corrected chi connectivity index (χ4v) is 1.00. The van der Waals surface area contributed by atoms with Crippen molar-refractivity contribution in [1.82, 2.24) is 0 Å². The number of hydrogen-bond acceptors (Lipinski definition) is 3. The van der Waals surface area contributed by atoms with E-state index in [0.29, 0.717) is 11.8 Å². The molecule has 1 aromatic carbocycles. The first-order valence-corrected chi connectivity index (χ1v) is 3.77. The Morgan fingerprint density at radius 3 is 2.71 bits per heavy atom. The van der Waals surface area contributed by atoms with Gasteiger partial charge in [0.1, 0.15) is 6.29 Å². The fourth-order valence-electron chi connectivity index (χ4n) is 1.00. The summed E-state index contributed by atoms with van der Waals surface area (Å²) >= 11 is 0. The van der Waals surface area contributed by atoms with E-state index in [-0.39, 0.29) is 11.3 Å². The number of hydrogen-bond donors (Lipinski definition) is 0. The highest BCUT2D eigenvalue weighted by Crippen LogP contribution is 2.17. The molecule has 0 aliphatic rings. The van der Waals surface area contributed by atoms with Gasteiger partial charge in [0, 0.05) is 11.1 Å². The molecule has 0 fully saturated rings. The number of benzene rings is 1. The summed E-state index contributed by atoms with van der Waals surface area (Å²) in [4.78, 5) is 24.7. The van der Waals surface area contributed by atoms with E-state index in [9.17, 15) is 9.59 Å². The smallest absolute Gasteiger partial charge is 0.336 e. The molecular weight excluding hydrogens is 182 g/mol. The van der Waals surface area contributed by atoms with Crippen molar-refractivity contribution in [3.05, 3.63) is 40.7 Å². The second kappa shape index (κ2) is 4.19. The van der Waals surface area contributed by atoms with Crippen LogP contribution in [0.3, 0.4) is 0 Å². The quantitative estimate of drug-likeness (QED) is 0.405. The van der Waals surface area contributed by atoms with Crippen molar-refractivity contribution in [2.75, 3.05) is 7.11 Å². The first-order valence-electron chi connectivity index (χ1n) is 3.77. The van der Waals surface area contributed by atoms with Crippen LogP contribution in [0.4, 0.5) is 5.69 Å². The number of carbonyl (C=O) groups is 2. The molecule has 0 radical (unpaired) electrons. The molecular formula is C10H7NO3. The Hall–Kier alpha value is -2.15. The van der Waals surface area contributed by atoms with E-state index >= 15 is 0 Å². The minimum atomic E-state index is -0.557. The number of rotatable bonds is 2. The SMILES string of the molecule is [C-]#[N+]c1cc(C=O)cc(C(=O)OC)c1. The Balaban J connectivity index is 3.25. The third kappa shape index (κ3) is 1.96. The number of nitrogens with zero attached hydrogens (tertiary/aromatic N) is 1. The van der Waals surface area contributed by atoms with Crippen LogP contribution in [0.1, 0.15) is 20.7 Å². The first-order chi connectivity index (χ1) is 6.71. The van der Waals surface area contributed by atoms with Crippen molar-refractivity contribution in [3.63, 3.8) is 0 Å². The zero-order valence-corrected chi connectivity index (χ0v) is 7.48. The molecule has 0 spiro atoms. The molecule has 0 heterocycles. The molecule has 0 aliphatic heterocycles. The highest BCUT2D eigenvalue weighted by atomic mass is 16.5. The molecule has 0 saturated carbocycles. The Morgan fingerprint density at radius 1 is 1.50 bits per heavy atom. The van der Waals surface area contributed by atoms with Crippen LogP contribution in [0, 0.1) is 6.57 Å². The maximum Gasteiger partial charge on any atom is 0.336 e. The molecule has 0 N–H and O–H groups in total. The number of methoxy groups -OCH3 is 1. The molecule has 0 amide bonds. The van der Waals surface area contributed by atoms with Gasteiger partial charge in [-0.2, -0.15) is 0 Å². The van der Waals surface area contributed by atoms with Crippen molar-refractivity contribution in [2.45, 2.75) is 0 Å². The van der Waals surface area contributed by atoms with Gasteiger partial charge in [0.25, 0.3) is 0 Å². The molecule has 4 nitrogen and oxygen atoms in total. The van der Waals surface area contributed by atoms with Crippen LogP contribution >= 0.6 is 0 Å². The Labute approximate surface area is 80.9 Å². The van der Waals surface area contributed by atoms with E-state index in [1.54, 1.807) is 0 Å². The molecule has 1 rings (SSSR count).